The van der Waals surface area contributed by atoms with Gasteiger partial charge in [0.1, 0.15) is 18.5 Å². The maximum atomic E-state index is 4.79. The molecular weight excluding hydrogens is 338 g/mol. The van der Waals surface area contributed by atoms with Crippen LogP contribution in [0.25, 0.3) is 0 Å². The highest BCUT2D eigenvalue weighted by Gasteiger charge is 2.12. The molecule has 0 radical (unpaired) electrons. The molecule has 3 aromatic heterocycles. The summed E-state index contributed by atoms with van der Waals surface area (Å²) in [5, 5.41) is 8.93. The Morgan fingerprint density at radius 2 is 1.96 bits per heavy atom. The molecule has 0 spiro atoms. The van der Waals surface area contributed by atoms with Gasteiger partial charge in [-0.15, -0.1) is 0 Å². The average molecular weight is 359 g/mol. The molecule has 0 saturated carbocycles. The van der Waals surface area contributed by atoms with Gasteiger partial charge in [-0.3, -0.25) is 9.67 Å². The van der Waals surface area contributed by atoms with E-state index in [2.05, 4.69) is 46.3 Å². The standard InChI is InChI=1S/C20H21N7/c1-16-4-2-5-18(10-16)13-27-20(7-9-26-15-22-14-23-26)24-19(25-27)11-17-6-3-8-21-12-17/h2-6,8,10,12,14-15H,7,9,11,13H2,1H3. The summed E-state index contributed by atoms with van der Waals surface area (Å²) in [7, 11) is 0. The summed E-state index contributed by atoms with van der Waals surface area (Å²) in [5.74, 6) is 1.76. The molecule has 4 aromatic rings. The Labute approximate surface area is 157 Å². The zero-order valence-corrected chi connectivity index (χ0v) is 15.2. The van der Waals surface area contributed by atoms with Gasteiger partial charge in [0.25, 0.3) is 0 Å². The summed E-state index contributed by atoms with van der Waals surface area (Å²) in [6.07, 6.45) is 8.32. The summed E-state index contributed by atoms with van der Waals surface area (Å²) < 4.78 is 3.81. The number of nitrogens with zero attached hydrogens (tertiary/aromatic N) is 7. The van der Waals surface area contributed by atoms with Crippen molar-refractivity contribution >= 4 is 0 Å². The molecule has 0 aliphatic heterocycles. The molecule has 4 rings (SSSR count). The van der Waals surface area contributed by atoms with Gasteiger partial charge in [0, 0.05) is 31.8 Å². The SMILES string of the molecule is Cc1cccc(Cn2nc(Cc3cccnc3)nc2CCn2cncn2)c1. The molecule has 0 amide bonds. The molecule has 0 fully saturated rings. The highest BCUT2D eigenvalue weighted by Crippen LogP contribution is 2.11. The third-order valence-electron chi connectivity index (χ3n) is 4.32. The van der Waals surface area contributed by atoms with E-state index in [1.165, 1.54) is 11.1 Å². The van der Waals surface area contributed by atoms with E-state index < -0.39 is 0 Å². The minimum atomic E-state index is 0.672. The van der Waals surface area contributed by atoms with Crippen LogP contribution in [0.15, 0.2) is 61.4 Å². The van der Waals surface area contributed by atoms with Crippen molar-refractivity contribution in [1.29, 1.82) is 0 Å². The van der Waals surface area contributed by atoms with Crippen molar-refractivity contribution in [3.63, 3.8) is 0 Å². The molecular formula is C20H21N7. The number of pyridine rings is 1. The van der Waals surface area contributed by atoms with Crippen LogP contribution in [0, 0.1) is 6.92 Å². The van der Waals surface area contributed by atoms with Crippen molar-refractivity contribution in [3.05, 3.63) is 89.8 Å². The van der Waals surface area contributed by atoms with E-state index in [0.29, 0.717) is 13.0 Å². The zero-order chi connectivity index (χ0) is 18.5. The van der Waals surface area contributed by atoms with E-state index in [4.69, 9.17) is 10.1 Å². The fraction of sp³-hybridized carbons (Fsp3) is 0.250. The molecule has 136 valence electrons. The number of aryl methyl sites for hydroxylation is 3. The highest BCUT2D eigenvalue weighted by atomic mass is 15.4. The molecule has 0 bridgehead atoms. The fourth-order valence-corrected chi connectivity index (χ4v) is 3.04. The molecule has 7 nitrogen and oxygen atoms in total. The lowest BCUT2D eigenvalue weighted by molar-refractivity contribution is 0.561. The Hall–Kier alpha value is -3.35. The van der Waals surface area contributed by atoms with E-state index in [1.807, 2.05) is 27.7 Å². The summed E-state index contributed by atoms with van der Waals surface area (Å²) in [4.78, 5) is 13.0. The fourth-order valence-electron chi connectivity index (χ4n) is 3.04. The van der Waals surface area contributed by atoms with Gasteiger partial charge in [-0.1, -0.05) is 35.9 Å². The first kappa shape index (κ1) is 17.1. The Morgan fingerprint density at radius 3 is 2.74 bits per heavy atom. The summed E-state index contributed by atoms with van der Waals surface area (Å²) in [6, 6.07) is 12.5. The predicted molar refractivity (Wildman–Crippen MR) is 101 cm³/mol. The van der Waals surface area contributed by atoms with Crippen molar-refractivity contribution in [3.8, 4) is 0 Å². The lowest BCUT2D eigenvalue weighted by Crippen LogP contribution is -2.10. The maximum Gasteiger partial charge on any atom is 0.155 e. The molecule has 0 aliphatic carbocycles. The second-order valence-corrected chi connectivity index (χ2v) is 6.54. The lowest BCUT2D eigenvalue weighted by Gasteiger charge is -2.07. The van der Waals surface area contributed by atoms with Crippen LogP contribution in [0.4, 0.5) is 0 Å². The second-order valence-electron chi connectivity index (χ2n) is 6.54. The Bertz CT molecular complexity index is 990. The molecule has 0 unspecified atom stereocenters. The molecule has 7 heteroatoms. The molecule has 1 aromatic carbocycles. The van der Waals surface area contributed by atoms with Crippen molar-refractivity contribution in [2.24, 2.45) is 0 Å². The van der Waals surface area contributed by atoms with Gasteiger partial charge >= 0.3 is 0 Å². The third kappa shape index (κ3) is 4.44. The first-order chi connectivity index (χ1) is 13.3. The topological polar surface area (TPSA) is 74.3 Å². The minimum absolute atomic E-state index is 0.672. The number of aromatic nitrogens is 7. The Balaban J connectivity index is 1.57. The molecule has 0 N–H and O–H groups in total. The van der Waals surface area contributed by atoms with Gasteiger partial charge in [0.2, 0.25) is 0 Å². The number of benzene rings is 1. The molecule has 27 heavy (non-hydrogen) atoms. The first-order valence-electron chi connectivity index (χ1n) is 8.96. The van der Waals surface area contributed by atoms with Crippen LogP contribution >= 0.6 is 0 Å². The average Bonchev–Trinajstić information content (AvgIpc) is 3.31. The van der Waals surface area contributed by atoms with Crippen LogP contribution < -0.4 is 0 Å². The largest absolute Gasteiger partial charge is 0.264 e. The van der Waals surface area contributed by atoms with Crippen LogP contribution in [-0.2, 0) is 25.9 Å². The van der Waals surface area contributed by atoms with Crippen LogP contribution in [0.1, 0.15) is 28.3 Å². The minimum Gasteiger partial charge on any atom is -0.264 e. The maximum absolute atomic E-state index is 4.79. The van der Waals surface area contributed by atoms with Crippen molar-refractivity contribution < 1.29 is 0 Å². The van der Waals surface area contributed by atoms with Crippen LogP contribution in [0.3, 0.4) is 0 Å². The van der Waals surface area contributed by atoms with Crippen LogP contribution in [-0.4, -0.2) is 34.5 Å². The van der Waals surface area contributed by atoms with E-state index >= 15 is 0 Å². The number of hydrogen-bond donors (Lipinski definition) is 0. The van der Waals surface area contributed by atoms with Gasteiger partial charge in [0.15, 0.2) is 5.82 Å². The monoisotopic (exact) mass is 359 g/mol. The Morgan fingerprint density at radius 1 is 1.04 bits per heavy atom. The van der Waals surface area contributed by atoms with Crippen LogP contribution in [0.2, 0.25) is 0 Å². The van der Waals surface area contributed by atoms with Crippen LogP contribution in [0.5, 0.6) is 0 Å². The van der Waals surface area contributed by atoms with E-state index in [9.17, 15) is 0 Å². The molecule has 0 saturated heterocycles. The van der Waals surface area contributed by atoms with E-state index in [1.54, 1.807) is 18.9 Å². The normalized spacial score (nSPS) is 11.0. The zero-order valence-electron chi connectivity index (χ0n) is 15.2. The lowest BCUT2D eigenvalue weighted by atomic mass is 10.1. The van der Waals surface area contributed by atoms with Gasteiger partial charge in [-0.05, 0) is 24.1 Å². The summed E-state index contributed by atoms with van der Waals surface area (Å²) >= 11 is 0. The van der Waals surface area contributed by atoms with E-state index in [-0.39, 0.29) is 0 Å². The summed E-state index contributed by atoms with van der Waals surface area (Å²) in [6.45, 7) is 3.53. The smallest absolute Gasteiger partial charge is 0.155 e. The first-order valence-corrected chi connectivity index (χ1v) is 8.96. The molecule has 0 atom stereocenters. The second kappa shape index (κ2) is 7.90. The summed E-state index contributed by atoms with van der Waals surface area (Å²) in [5.41, 5.74) is 3.57. The van der Waals surface area contributed by atoms with E-state index in [0.717, 1.165) is 30.2 Å². The Kier molecular flexibility index (Phi) is 5.00. The van der Waals surface area contributed by atoms with Crippen molar-refractivity contribution in [1.82, 2.24) is 34.5 Å². The van der Waals surface area contributed by atoms with Crippen molar-refractivity contribution in [2.75, 3.05) is 0 Å². The molecule has 3 heterocycles. The number of hydrogen-bond acceptors (Lipinski definition) is 5. The van der Waals surface area contributed by atoms with Gasteiger partial charge in [-0.25, -0.2) is 14.6 Å². The third-order valence-corrected chi connectivity index (χ3v) is 4.32. The van der Waals surface area contributed by atoms with Crippen molar-refractivity contribution in [2.45, 2.75) is 32.9 Å². The van der Waals surface area contributed by atoms with Gasteiger partial charge < -0.3 is 0 Å². The van der Waals surface area contributed by atoms with Gasteiger partial charge in [0.05, 0.1) is 6.54 Å². The number of rotatable bonds is 7. The quantitative estimate of drug-likeness (QED) is 0.507. The predicted octanol–water partition coefficient (Wildman–Crippen LogP) is 2.45. The molecule has 0 aliphatic rings. The highest BCUT2D eigenvalue weighted by molar-refractivity contribution is 5.22. The van der Waals surface area contributed by atoms with Gasteiger partial charge in [-0.2, -0.15) is 10.2 Å².